The molecule has 3 aliphatic rings. The summed E-state index contributed by atoms with van der Waals surface area (Å²) < 4.78 is 21.9. The third-order valence-corrected chi connectivity index (χ3v) is 11.3. The molecule has 4 heterocycles. The fourth-order valence-corrected chi connectivity index (χ4v) is 7.93. The van der Waals surface area contributed by atoms with Gasteiger partial charge in [-0.15, -0.1) is 0 Å². The number of aryl methyl sites for hydroxylation is 2. The lowest BCUT2D eigenvalue weighted by Gasteiger charge is -2.34. The van der Waals surface area contributed by atoms with Gasteiger partial charge in [0.1, 0.15) is 6.54 Å². The van der Waals surface area contributed by atoms with Crippen molar-refractivity contribution in [3.05, 3.63) is 106 Å². The largest absolute Gasteiger partial charge is 0.715 e. The number of hydrogen-bond donors (Lipinski definition) is 0. The molecule has 0 radical (unpaired) electrons. The van der Waals surface area contributed by atoms with Crippen molar-refractivity contribution in [2.75, 3.05) is 19.0 Å². The van der Waals surface area contributed by atoms with Gasteiger partial charge >= 0.3 is 6.03 Å². The maximum absolute atomic E-state index is 7.50. The summed E-state index contributed by atoms with van der Waals surface area (Å²) >= 11 is 0. The molecule has 0 N–H and O–H groups in total. The number of hydrogen-bond acceptors (Lipinski definition) is 3. The Labute approximate surface area is 324 Å². The average molecular weight is 728 g/mol. The highest BCUT2D eigenvalue weighted by Crippen LogP contribution is 2.53. The van der Waals surface area contributed by atoms with Gasteiger partial charge in [-0.1, -0.05) is 107 Å². The summed E-state index contributed by atoms with van der Waals surface area (Å²) in [6, 6.07) is 19.2. The van der Waals surface area contributed by atoms with Crippen LogP contribution in [0.3, 0.4) is 0 Å². The first kappa shape index (κ1) is 37.8. The van der Waals surface area contributed by atoms with Gasteiger partial charge in [0.25, 0.3) is 11.4 Å². The second kappa shape index (κ2) is 12.8. The normalized spacial score (nSPS) is 17.6. The molecule has 0 fully saturated rings. The molecule has 1 aromatic heterocycles. The SMILES string of the molecule is CN(C)c1cc[n+](CCCCc2cccc3c2[N+]2=Cc4cc(C(C)(C)C)cc(C(C)(C)C)c4OC24Oc2c(cc(C(C)(C)C)cc2C(C)(C)C)C=[N+]34)cc1. The van der Waals surface area contributed by atoms with E-state index in [1.165, 1.54) is 33.5 Å². The van der Waals surface area contributed by atoms with Gasteiger partial charge in [0.15, 0.2) is 36.3 Å². The van der Waals surface area contributed by atoms with Gasteiger partial charge < -0.3 is 14.4 Å². The van der Waals surface area contributed by atoms with E-state index in [9.17, 15) is 0 Å². The Balaban J connectivity index is 1.39. The lowest BCUT2D eigenvalue weighted by atomic mass is 9.78. The molecule has 0 saturated carbocycles. The van der Waals surface area contributed by atoms with Crippen LogP contribution in [0.25, 0.3) is 0 Å². The molecule has 0 saturated heterocycles. The number of nitrogens with zero attached hydrogens (tertiary/aromatic N) is 4. The van der Waals surface area contributed by atoms with Crippen LogP contribution < -0.4 is 18.9 Å². The maximum Gasteiger partial charge on any atom is 0.715 e. The van der Waals surface area contributed by atoms with Crippen LogP contribution in [-0.2, 0) is 34.6 Å². The molecule has 0 bridgehead atoms. The fraction of sp³-hybridized carbons (Fsp3) is 0.479. The molecule has 6 heteroatoms. The Kier molecular flexibility index (Phi) is 8.98. The van der Waals surface area contributed by atoms with E-state index < -0.39 is 6.03 Å². The third kappa shape index (κ3) is 6.64. The number of rotatable bonds is 6. The molecular weight excluding hydrogens is 665 g/mol. The maximum atomic E-state index is 7.50. The fourth-order valence-electron chi connectivity index (χ4n) is 7.93. The van der Waals surface area contributed by atoms with Crippen LogP contribution in [-0.4, -0.2) is 41.7 Å². The van der Waals surface area contributed by atoms with Crippen molar-refractivity contribution < 1.29 is 23.2 Å². The molecule has 3 aromatic carbocycles. The minimum atomic E-state index is -1.25. The van der Waals surface area contributed by atoms with Crippen LogP contribution in [0.4, 0.5) is 17.1 Å². The van der Waals surface area contributed by atoms with E-state index in [2.05, 4.69) is 195 Å². The average Bonchev–Trinajstić information content (AvgIpc) is 3.34. The standard InChI is InChI=1S/C48H63N4O2/c1-44(2,3)35-26-33-30-51-40-20-17-19-32(18-15-16-23-50-24-21-37(22-25-50)49(13)14)41(40)52-31-34-27-36(45(4,5)6)29-39(47(10,11)12)43(34)54-48(51,52)53-42(33)38(28-35)46(7,8)9/h17,19-22,24-31H,15-16,18,23H2,1-14H3/q+3. The summed E-state index contributed by atoms with van der Waals surface area (Å²) in [5.74, 6) is 1.78. The van der Waals surface area contributed by atoms with Crippen molar-refractivity contribution in [3.8, 4) is 11.5 Å². The minimum Gasteiger partial charge on any atom is -0.377 e. The summed E-state index contributed by atoms with van der Waals surface area (Å²) in [5.41, 5.74) is 11.6. The van der Waals surface area contributed by atoms with Gasteiger partial charge in [0.05, 0.1) is 11.1 Å². The van der Waals surface area contributed by atoms with Crippen molar-refractivity contribution in [1.29, 1.82) is 0 Å². The summed E-state index contributed by atoms with van der Waals surface area (Å²) in [6.07, 6.45) is 12.1. The van der Waals surface area contributed by atoms with E-state index in [0.29, 0.717) is 0 Å². The van der Waals surface area contributed by atoms with Crippen molar-refractivity contribution in [1.82, 2.24) is 0 Å². The topological polar surface area (TPSA) is 31.6 Å². The molecule has 1 unspecified atom stereocenters. The molecule has 4 aromatic rings. The summed E-state index contributed by atoms with van der Waals surface area (Å²) in [7, 11) is 4.17. The molecule has 0 aliphatic carbocycles. The first-order valence-electron chi connectivity index (χ1n) is 19.9. The van der Waals surface area contributed by atoms with Gasteiger partial charge in [-0.25, -0.2) is 4.57 Å². The van der Waals surface area contributed by atoms with Crippen molar-refractivity contribution in [2.45, 2.75) is 137 Å². The van der Waals surface area contributed by atoms with Crippen LogP contribution >= 0.6 is 0 Å². The van der Waals surface area contributed by atoms with E-state index in [4.69, 9.17) is 9.47 Å². The number of aromatic nitrogens is 1. The van der Waals surface area contributed by atoms with E-state index in [1.807, 2.05) is 0 Å². The van der Waals surface area contributed by atoms with E-state index in [0.717, 1.165) is 59.8 Å². The van der Waals surface area contributed by atoms with E-state index >= 15 is 0 Å². The molecule has 1 spiro atoms. The Morgan fingerprint density at radius 2 is 1.13 bits per heavy atom. The number of ether oxygens (including phenoxy) is 2. The van der Waals surface area contributed by atoms with Gasteiger partial charge in [-0.3, -0.25) is 0 Å². The third-order valence-electron chi connectivity index (χ3n) is 11.3. The zero-order valence-corrected chi connectivity index (χ0v) is 35.4. The Morgan fingerprint density at radius 3 is 1.61 bits per heavy atom. The highest BCUT2D eigenvalue weighted by atomic mass is 16.7. The Morgan fingerprint density at radius 1 is 0.611 bits per heavy atom. The van der Waals surface area contributed by atoms with Crippen LogP contribution in [0.2, 0.25) is 0 Å². The van der Waals surface area contributed by atoms with E-state index in [1.54, 1.807) is 0 Å². The van der Waals surface area contributed by atoms with Gasteiger partial charge in [0.2, 0.25) is 0 Å². The Bertz CT molecular complexity index is 2180. The summed E-state index contributed by atoms with van der Waals surface area (Å²) in [6.45, 7) is 28.4. The highest BCUT2D eigenvalue weighted by molar-refractivity contribution is 5.88. The molecule has 7 rings (SSSR count). The van der Waals surface area contributed by atoms with Crippen molar-refractivity contribution in [2.24, 2.45) is 0 Å². The highest BCUT2D eigenvalue weighted by Gasteiger charge is 2.73. The quantitative estimate of drug-likeness (QED) is 0.146. The number of fused-ring (bicyclic) bond motifs is 5. The molecule has 1 atom stereocenters. The first-order chi connectivity index (χ1) is 25.1. The number of benzene rings is 3. The van der Waals surface area contributed by atoms with Gasteiger partial charge in [-0.2, -0.15) is 0 Å². The second-order valence-corrected chi connectivity index (χ2v) is 20.1. The molecule has 3 aliphatic heterocycles. The number of unbranched alkanes of at least 4 members (excludes halogenated alkanes) is 1. The number of anilines is 1. The second-order valence-electron chi connectivity index (χ2n) is 20.1. The van der Waals surface area contributed by atoms with E-state index in [-0.39, 0.29) is 21.7 Å². The summed E-state index contributed by atoms with van der Waals surface area (Å²) in [5, 5.41) is 0. The van der Waals surface area contributed by atoms with Gasteiger partial charge in [-0.05, 0) is 66.9 Å². The van der Waals surface area contributed by atoms with Gasteiger partial charge in [0, 0.05) is 61.1 Å². The predicted octanol–water partition coefficient (Wildman–Crippen LogP) is 10.2. The Hall–Kier alpha value is -4.45. The molecule has 54 heavy (non-hydrogen) atoms. The van der Waals surface area contributed by atoms with Crippen LogP contribution in [0.1, 0.15) is 135 Å². The van der Waals surface area contributed by atoms with Crippen LogP contribution in [0, 0.1) is 0 Å². The molecular formula is C48H63N4O2+3. The number of para-hydroxylation sites is 1. The summed E-state index contributed by atoms with van der Waals surface area (Å²) in [4.78, 5) is 2.14. The zero-order chi connectivity index (χ0) is 39.2. The lowest BCUT2D eigenvalue weighted by Crippen LogP contribution is -2.59. The van der Waals surface area contributed by atoms with Crippen LogP contribution in [0.15, 0.2) is 67.0 Å². The number of pyridine rings is 1. The van der Waals surface area contributed by atoms with Crippen LogP contribution in [0.5, 0.6) is 11.5 Å². The minimum absolute atomic E-state index is 0.0206. The van der Waals surface area contributed by atoms with Crippen molar-refractivity contribution in [3.63, 3.8) is 0 Å². The van der Waals surface area contributed by atoms with Crippen molar-refractivity contribution >= 4 is 29.5 Å². The molecule has 0 amide bonds. The molecule has 284 valence electrons. The predicted molar refractivity (Wildman–Crippen MR) is 222 cm³/mol. The monoisotopic (exact) mass is 727 g/mol. The smallest absolute Gasteiger partial charge is 0.377 e. The lowest BCUT2D eigenvalue weighted by molar-refractivity contribution is -0.831. The zero-order valence-electron chi connectivity index (χ0n) is 35.4. The first-order valence-corrected chi connectivity index (χ1v) is 19.9. The molecule has 6 nitrogen and oxygen atoms in total.